The zero-order valence-electron chi connectivity index (χ0n) is 11.7. The Morgan fingerprint density at radius 2 is 2.11 bits per heavy atom. The Labute approximate surface area is 115 Å². The number of aryl methyl sites for hydroxylation is 1. The van der Waals surface area contributed by atoms with E-state index in [-0.39, 0.29) is 6.61 Å². The monoisotopic (exact) mass is 262 g/mol. The molecule has 0 heterocycles. The summed E-state index contributed by atoms with van der Waals surface area (Å²) < 4.78 is 11.0. The van der Waals surface area contributed by atoms with E-state index in [2.05, 4.69) is 11.8 Å². The van der Waals surface area contributed by atoms with Gasteiger partial charge in [0.05, 0.1) is 18.8 Å². The van der Waals surface area contributed by atoms with Crippen molar-refractivity contribution in [1.29, 1.82) is 0 Å². The summed E-state index contributed by atoms with van der Waals surface area (Å²) in [5, 5.41) is 8.74. The fraction of sp³-hybridized carbons (Fsp3) is 0.500. The van der Waals surface area contributed by atoms with E-state index >= 15 is 0 Å². The highest BCUT2D eigenvalue weighted by Crippen LogP contribution is 2.19. The van der Waals surface area contributed by atoms with Gasteiger partial charge in [-0.1, -0.05) is 17.9 Å². The average Bonchev–Trinajstić information content (AvgIpc) is 2.41. The molecule has 0 saturated heterocycles. The van der Waals surface area contributed by atoms with Crippen molar-refractivity contribution in [1.82, 2.24) is 0 Å². The molecule has 0 radical (unpaired) electrons. The van der Waals surface area contributed by atoms with Crippen molar-refractivity contribution in [2.45, 2.75) is 26.7 Å². The van der Waals surface area contributed by atoms with Crippen LogP contribution in [-0.4, -0.2) is 31.5 Å². The molecule has 0 unspecified atom stereocenters. The molecule has 0 spiro atoms. The van der Waals surface area contributed by atoms with E-state index in [4.69, 9.17) is 14.6 Å². The molecule has 0 saturated carbocycles. The van der Waals surface area contributed by atoms with Gasteiger partial charge in [0.15, 0.2) is 0 Å². The van der Waals surface area contributed by atoms with Crippen LogP contribution in [0.5, 0.6) is 5.75 Å². The maximum absolute atomic E-state index is 8.74. The number of hydrogen-bond acceptors (Lipinski definition) is 3. The summed E-state index contributed by atoms with van der Waals surface area (Å²) in [7, 11) is 0. The molecule has 0 atom stereocenters. The van der Waals surface area contributed by atoms with Crippen LogP contribution in [0, 0.1) is 18.8 Å². The number of rotatable bonds is 7. The molecule has 0 fully saturated rings. The normalized spacial score (nSPS) is 9.84. The number of ether oxygens (including phenoxy) is 2. The Hall–Kier alpha value is -1.50. The van der Waals surface area contributed by atoms with Gasteiger partial charge in [-0.3, -0.25) is 0 Å². The third-order valence-electron chi connectivity index (χ3n) is 2.49. The maximum atomic E-state index is 8.74. The predicted octanol–water partition coefficient (Wildman–Crippen LogP) is 2.53. The van der Waals surface area contributed by atoms with E-state index in [1.54, 1.807) is 0 Å². The number of aliphatic hydroxyl groups is 1. The first kappa shape index (κ1) is 15.6. The zero-order chi connectivity index (χ0) is 13.9. The van der Waals surface area contributed by atoms with Gasteiger partial charge in [0.2, 0.25) is 0 Å². The fourth-order valence-electron chi connectivity index (χ4n) is 1.57. The van der Waals surface area contributed by atoms with Gasteiger partial charge in [-0.2, -0.15) is 0 Å². The highest BCUT2D eigenvalue weighted by molar-refractivity contribution is 5.48. The van der Waals surface area contributed by atoms with Crippen LogP contribution in [0.2, 0.25) is 0 Å². The molecule has 0 aliphatic carbocycles. The van der Waals surface area contributed by atoms with Crippen LogP contribution >= 0.6 is 0 Å². The summed E-state index contributed by atoms with van der Waals surface area (Å²) in [4.78, 5) is 0. The fourth-order valence-corrected chi connectivity index (χ4v) is 1.57. The van der Waals surface area contributed by atoms with Crippen LogP contribution in [0.15, 0.2) is 18.2 Å². The van der Waals surface area contributed by atoms with Gasteiger partial charge in [0, 0.05) is 26.1 Å². The largest absolute Gasteiger partial charge is 0.492 e. The summed E-state index contributed by atoms with van der Waals surface area (Å²) in [6.07, 6.45) is 1.35. The van der Waals surface area contributed by atoms with Gasteiger partial charge in [-0.15, -0.1) is 0 Å². The third kappa shape index (κ3) is 6.28. The van der Waals surface area contributed by atoms with Gasteiger partial charge in [-0.25, -0.2) is 0 Å². The SMILES string of the molecule is CCOCCCOc1ccc(C)cc1C#CCCO. The van der Waals surface area contributed by atoms with Crippen LogP contribution < -0.4 is 4.74 Å². The highest BCUT2D eigenvalue weighted by Gasteiger charge is 2.01. The molecule has 1 N–H and O–H groups in total. The molecule has 0 bridgehead atoms. The molecule has 0 aromatic heterocycles. The van der Waals surface area contributed by atoms with Crippen LogP contribution in [0.25, 0.3) is 0 Å². The molecule has 0 aliphatic heterocycles. The summed E-state index contributed by atoms with van der Waals surface area (Å²) in [5.74, 6) is 6.76. The Kier molecular flexibility index (Phi) is 7.72. The van der Waals surface area contributed by atoms with Gasteiger partial charge < -0.3 is 14.6 Å². The minimum atomic E-state index is 0.0867. The molecule has 0 amide bonds. The third-order valence-corrected chi connectivity index (χ3v) is 2.49. The molecule has 3 heteroatoms. The topological polar surface area (TPSA) is 38.7 Å². The van der Waals surface area contributed by atoms with Gasteiger partial charge in [0.25, 0.3) is 0 Å². The molecular weight excluding hydrogens is 240 g/mol. The summed E-state index contributed by atoms with van der Waals surface area (Å²) in [6.45, 7) is 6.17. The first-order chi connectivity index (χ1) is 9.27. The Bertz CT molecular complexity index is 429. The van der Waals surface area contributed by atoms with Crippen molar-refractivity contribution in [2.75, 3.05) is 26.4 Å². The zero-order valence-corrected chi connectivity index (χ0v) is 11.7. The Balaban J connectivity index is 2.59. The lowest BCUT2D eigenvalue weighted by atomic mass is 10.1. The number of benzene rings is 1. The maximum Gasteiger partial charge on any atom is 0.134 e. The van der Waals surface area contributed by atoms with Crippen molar-refractivity contribution >= 4 is 0 Å². The number of aliphatic hydroxyl groups excluding tert-OH is 1. The van der Waals surface area contributed by atoms with Crippen LogP contribution in [0.1, 0.15) is 30.9 Å². The van der Waals surface area contributed by atoms with E-state index in [1.165, 1.54) is 0 Å². The molecule has 104 valence electrons. The van der Waals surface area contributed by atoms with Crippen molar-refractivity contribution in [3.8, 4) is 17.6 Å². The average molecular weight is 262 g/mol. The molecule has 0 aliphatic rings. The lowest BCUT2D eigenvalue weighted by Crippen LogP contribution is -2.04. The second kappa shape index (κ2) is 9.43. The van der Waals surface area contributed by atoms with Crippen molar-refractivity contribution in [3.63, 3.8) is 0 Å². The van der Waals surface area contributed by atoms with E-state index < -0.39 is 0 Å². The van der Waals surface area contributed by atoms with Crippen molar-refractivity contribution in [2.24, 2.45) is 0 Å². The second-order valence-corrected chi connectivity index (χ2v) is 4.17. The van der Waals surface area contributed by atoms with Crippen LogP contribution in [-0.2, 0) is 4.74 Å². The molecule has 1 rings (SSSR count). The van der Waals surface area contributed by atoms with E-state index in [9.17, 15) is 0 Å². The van der Waals surface area contributed by atoms with E-state index in [0.717, 1.165) is 29.9 Å². The lowest BCUT2D eigenvalue weighted by molar-refractivity contribution is 0.131. The van der Waals surface area contributed by atoms with E-state index in [1.807, 2.05) is 32.0 Å². The first-order valence-electron chi connectivity index (χ1n) is 6.69. The minimum Gasteiger partial charge on any atom is -0.492 e. The molecular formula is C16H22O3. The highest BCUT2D eigenvalue weighted by atomic mass is 16.5. The standard InChI is InChI=1S/C16H22O3/c1-3-18-11-6-12-19-16-9-8-14(2)13-15(16)7-4-5-10-17/h8-9,13,17H,3,5-6,10-12H2,1-2H3. The molecule has 1 aromatic carbocycles. The summed E-state index contributed by atoms with van der Waals surface area (Å²) >= 11 is 0. The Morgan fingerprint density at radius 3 is 2.84 bits per heavy atom. The molecule has 3 nitrogen and oxygen atoms in total. The first-order valence-corrected chi connectivity index (χ1v) is 6.69. The van der Waals surface area contributed by atoms with Crippen LogP contribution in [0.4, 0.5) is 0 Å². The van der Waals surface area contributed by atoms with E-state index in [0.29, 0.717) is 19.6 Å². The summed E-state index contributed by atoms with van der Waals surface area (Å²) in [6, 6.07) is 5.95. The summed E-state index contributed by atoms with van der Waals surface area (Å²) in [5.41, 5.74) is 2.03. The second-order valence-electron chi connectivity index (χ2n) is 4.17. The quantitative estimate of drug-likeness (QED) is 0.606. The lowest BCUT2D eigenvalue weighted by Gasteiger charge is -2.09. The minimum absolute atomic E-state index is 0.0867. The number of hydrogen-bond donors (Lipinski definition) is 1. The van der Waals surface area contributed by atoms with Gasteiger partial charge in [-0.05, 0) is 31.5 Å². The van der Waals surface area contributed by atoms with Gasteiger partial charge >= 0.3 is 0 Å². The van der Waals surface area contributed by atoms with Gasteiger partial charge in [0.1, 0.15) is 5.75 Å². The molecule has 19 heavy (non-hydrogen) atoms. The smallest absolute Gasteiger partial charge is 0.134 e. The Morgan fingerprint density at radius 1 is 1.26 bits per heavy atom. The van der Waals surface area contributed by atoms with Crippen LogP contribution in [0.3, 0.4) is 0 Å². The van der Waals surface area contributed by atoms with Crippen molar-refractivity contribution in [3.05, 3.63) is 29.3 Å². The van der Waals surface area contributed by atoms with Crippen molar-refractivity contribution < 1.29 is 14.6 Å². The molecule has 1 aromatic rings. The predicted molar refractivity (Wildman–Crippen MR) is 76.4 cm³/mol.